The van der Waals surface area contributed by atoms with Gasteiger partial charge in [-0.2, -0.15) is 0 Å². The summed E-state index contributed by atoms with van der Waals surface area (Å²) in [6.07, 6.45) is 0.480. The van der Waals surface area contributed by atoms with Gasteiger partial charge in [0.1, 0.15) is 0 Å². The highest BCUT2D eigenvalue weighted by atomic mass is 79.9. The summed E-state index contributed by atoms with van der Waals surface area (Å²) in [6, 6.07) is 5.41. The molecule has 90 valence electrons. The van der Waals surface area contributed by atoms with Gasteiger partial charge in [-0.25, -0.2) is 0 Å². The van der Waals surface area contributed by atoms with Gasteiger partial charge < -0.3 is 4.90 Å². The number of nitrogens with zero attached hydrogens (tertiary/aromatic N) is 1. The first-order chi connectivity index (χ1) is 7.99. The molecular formula is C12H11Br2NO2. The number of amides is 1. The average Bonchev–Trinajstić information content (AvgIpc) is 2.57. The van der Waals surface area contributed by atoms with Crippen molar-refractivity contribution in [2.24, 2.45) is 0 Å². The molecule has 5 heteroatoms. The number of anilines is 1. The minimum atomic E-state index is -0.0351. The van der Waals surface area contributed by atoms with Crippen molar-refractivity contribution in [1.82, 2.24) is 0 Å². The molecule has 0 aliphatic carbocycles. The number of ketones is 1. The second-order valence-corrected chi connectivity index (χ2v) is 6.23. The van der Waals surface area contributed by atoms with Gasteiger partial charge in [0.25, 0.3) is 0 Å². The molecule has 0 radical (unpaired) electrons. The molecule has 0 bridgehead atoms. The summed E-state index contributed by atoms with van der Waals surface area (Å²) < 4.78 is 0.841. The van der Waals surface area contributed by atoms with Gasteiger partial charge in [0.2, 0.25) is 5.91 Å². The van der Waals surface area contributed by atoms with E-state index in [0.717, 1.165) is 4.47 Å². The lowest BCUT2D eigenvalue weighted by Gasteiger charge is -2.19. The van der Waals surface area contributed by atoms with Gasteiger partial charge in [0.05, 0.1) is 5.69 Å². The zero-order valence-corrected chi connectivity index (χ0v) is 12.4. The molecule has 0 N–H and O–H groups in total. The van der Waals surface area contributed by atoms with Crippen LogP contribution in [-0.4, -0.2) is 23.1 Å². The van der Waals surface area contributed by atoms with Crippen molar-refractivity contribution < 1.29 is 9.59 Å². The largest absolute Gasteiger partial charge is 0.311 e. The van der Waals surface area contributed by atoms with Crippen LogP contribution in [0.2, 0.25) is 0 Å². The molecule has 0 aromatic heterocycles. The van der Waals surface area contributed by atoms with E-state index in [4.69, 9.17) is 0 Å². The number of benzene rings is 1. The minimum Gasteiger partial charge on any atom is -0.311 e. The van der Waals surface area contributed by atoms with E-state index in [2.05, 4.69) is 31.9 Å². The van der Waals surface area contributed by atoms with Crippen LogP contribution < -0.4 is 4.90 Å². The summed E-state index contributed by atoms with van der Waals surface area (Å²) in [5.41, 5.74) is 1.28. The molecule has 0 spiro atoms. The van der Waals surface area contributed by atoms with Crippen LogP contribution in [0.25, 0.3) is 0 Å². The summed E-state index contributed by atoms with van der Waals surface area (Å²) in [7, 11) is 0. The highest BCUT2D eigenvalue weighted by Gasteiger charge is 2.30. The summed E-state index contributed by atoms with van der Waals surface area (Å²) >= 11 is 6.77. The summed E-state index contributed by atoms with van der Waals surface area (Å²) in [5, 5.41) is 0. The maximum absolute atomic E-state index is 11.8. The SMILES string of the molecule is CC(=O)c1cc(Br)ccc1N1CC(Br)CC1=O. The summed E-state index contributed by atoms with van der Waals surface area (Å²) in [6.45, 7) is 2.12. The number of carbonyl (C=O) groups excluding carboxylic acids is 2. The molecule has 1 aliphatic rings. The monoisotopic (exact) mass is 359 g/mol. The Bertz CT molecular complexity index is 487. The third-order valence-corrected chi connectivity index (χ3v) is 3.81. The van der Waals surface area contributed by atoms with E-state index in [1.165, 1.54) is 6.92 Å². The topological polar surface area (TPSA) is 37.4 Å². The fourth-order valence-electron chi connectivity index (χ4n) is 1.92. The molecule has 1 heterocycles. The Balaban J connectivity index is 2.45. The Morgan fingerprint density at radius 3 is 2.71 bits per heavy atom. The third-order valence-electron chi connectivity index (χ3n) is 2.71. The van der Waals surface area contributed by atoms with E-state index in [-0.39, 0.29) is 16.5 Å². The molecule has 1 aromatic rings. The van der Waals surface area contributed by atoms with Gasteiger partial charge in [-0.3, -0.25) is 9.59 Å². The van der Waals surface area contributed by atoms with Crippen molar-refractivity contribution >= 4 is 49.2 Å². The zero-order chi connectivity index (χ0) is 12.6. The van der Waals surface area contributed by atoms with Gasteiger partial charge in [-0.05, 0) is 25.1 Å². The van der Waals surface area contributed by atoms with Crippen LogP contribution in [-0.2, 0) is 4.79 Å². The Labute approximate surface area is 116 Å². The van der Waals surface area contributed by atoms with Crippen molar-refractivity contribution in [1.29, 1.82) is 0 Å². The first kappa shape index (κ1) is 12.8. The van der Waals surface area contributed by atoms with E-state index in [1.54, 1.807) is 11.0 Å². The number of hydrogen-bond acceptors (Lipinski definition) is 2. The minimum absolute atomic E-state index is 0.0351. The maximum atomic E-state index is 11.8. The summed E-state index contributed by atoms with van der Waals surface area (Å²) in [4.78, 5) is 25.2. The lowest BCUT2D eigenvalue weighted by molar-refractivity contribution is -0.117. The number of halogens is 2. The van der Waals surface area contributed by atoms with Gasteiger partial charge in [-0.15, -0.1) is 0 Å². The molecule has 0 saturated carbocycles. The Hall–Kier alpha value is -0.680. The number of hydrogen-bond donors (Lipinski definition) is 0. The lowest BCUT2D eigenvalue weighted by Crippen LogP contribution is -2.26. The van der Waals surface area contributed by atoms with Crippen molar-refractivity contribution in [3.63, 3.8) is 0 Å². The predicted octanol–water partition coefficient (Wildman–Crippen LogP) is 3.15. The average molecular weight is 361 g/mol. The van der Waals surface area contributed by atoms with E-state index in [9.17, 15) is 9.59 Å². The van der Waals surface area contributed by atoms with Gasteiger partial charge in [-0.1, -0.05) is 31.9 Å². The highest BCUT2D eigenvalue weighted by molar-refractivity contribution is 9.10. The van der Waals surface area contributed by atoms with E-state index in [0.29, 0.717) is 24.2 Å². The number of rotatable bonds is 2. The first-order valence-corrected chi connectivity index (χ1v) is 6.95. The fourth-order valence-corrected chi connectivity index (χ4v) is 2.85. The third kappa shape index (κ3) is 2.60. The lowest BCUT2D eigenvalue weighted by atomic mass is 10.1. The van der Waals surface area contributed by atoms with Crippen LogP contribution >= 0.6 is 31.9 Å². The van der Waals surface area contributed by atoms with Crippen molar-refractivity contribution in [2.45, 2.75) is 18.2 Å². The van der Waals surface area contributed by atoms with Crippen LogP contribution in [0.1, 0.15) is 23.7 Å². The van der Waals surface area contributed by atoms with Crippen LogP contribution in [0.5, 0.6) is 0 Å². The standard InChI is InChI=1S/C12H11Br2NO2/c1-7(16)10-4-8(13)2-3-11(10)15-6-9(14)5-12(15)17/h2-4,9H,5-6H2,1H3. The smallest absolute Gasteiger partial charge is 0.228 e. The van der Waals surface area contributed by atoms with E-state index < -0.39 is 0 Å². The van der Waals surface area contributed by atoms with Crippen LogP contribution in [0.3, 0.4) is 0 Å². The highest BCUT2D eigenvalue weighted by Crippen LogP contribution is 2.30. The molecule has 17 heavy (non-hydrogen) atoms. The zero-order valence-electron chi connectivity index (χ0n) is 9.24. The normalized spacial score (nSPS) is 19.8. The molecule has 2 rings (SSSR count). The fraction of sp³-hybridized carbons (Fsp3) is 0.333. The number of Topliss-reactive ketones (excluding diaryl/α,β-unsaturated/α-hetero) is 1. The predicted molar refractivity (Wildman–Crippen MR) is 73.8 cm³/mol. The summed E-state index contributed by atoms with van der Waals surface area (Å²) in [5.74, 6) is 0.0174. The molecule has 1 saturated heterocycles. The van der Waals surface area contributed by atoms with Crippen LogP contribution in [0.4, 0.5) is 5.69 Å². The van der Waals surface area contributed by atoms with Crippen molar-refractivity contribution in [3.8, 4) is 0 Å². The van der Waals surface area contributed by atoms with Crippen molar-refractivity contribution in [3.05, 3.63) is 28.2 Å². The maximum Gasteiger partial charge on any atom is 0.228 e. The molecular weight excluding hydrogens is 350 g/mol. The molecule has 1 unspecified atom stereocenters. The van der Waals surface area contributed by atoms with Crippen LogP contribution in [0, 0.1) is 0 Å². The van der Waals surface area contributed by atoms with Gasteiger partial charge >= 0.3 is 0 Å². The van der Waals surface area contributed by atoms with Crippen LogP contribution in [0.15, 0.2) is 22.7 Å². The molecule has 1 atom stereocenters. The Kier molecular flexibility index (Phi) is 3.68. The van der Waals surface area contributed by atoms with Gasteiger partial charge in [0, 0.05) is 27.8 Å². The number of alkyl halides is 1. The molecule has 1 fully saturated rings. The molecule has 1 amide bonds. The Morgan fingerprint density at radius 2 is 2.18 bits per heavy atom. The van der Waals surface area contributed by atoms with E-state index in [1.807, 2.05) is 12.1 Å². The second-order valence-electron chi connectivity index (χ2n) is 4.02. The van der Waals surface area contributed by atoms with E-state index >= 15 is 0 Å². The number of carbonyl (C=O) groups is 2. The Morgan fingerprint density at radius 1 is 1.47 bits per heavy atom. The molecule has 1 aliphatic heterocycles. The molecule has 1 aromatic carbocycles. The molecule has 3 nitrogen and oxygen atoms in total. The van der Waals surface area contributed by atoms with Gasteiger partial charge in [0.15, 0.2) is 5.78 Å². The van der Waals surface area contributed by atoms with Crippen molar-refractivity contribution in [2.75, 3.05) is 11.4 Å². The quantitative estimate of drug-likeness (QED) is 0.600. The second kappa shape index (κ2) is 4.90. The first-order valence-electron chi connectivity index (χ1n) is 5.24.